The summed E-state index contributed by atoms with van der Waals surface area (Å²) in [5.74, 6) is 2.08. The number of benzene rings is 1. The van der Waals surface area contributed by atoms with Gasteiger partial charge in [-0.05, 0) is 25.0 Å². The fraction of sp³-hybridized carbons (Fsp3) is 0.400. The number of nitrogens with one attached hydrogen (secondary N) is 2. The molecule has 114 valence electrons. The molecule has 2 amide bonds. The fourth-order valence-electron chi connectivity index (χ4n) is 1.57. The van der Waals surface area contributed by atoms with Crippen molar-refractivity contribution >= 4 is 11.7 Å². The molecule has 0 radical (unpaired) electrons. The van der Waals surface area contributed by atoms with Crippen LogP contribution in [0, 0.1) is 18.2 Å². The van der Waals surface area contributed by atoms with Crippen LogP contribution in [0.3, 0.4) is 0 Å². The van der Waals surface area contributed by atoms with Crippen LogP contribution in [0.1, 0.15) is 19.8 Å². The zero-order valence-corrected chi connectivity index (χ0v) is 11.9. The number of anilines is 1. The van der Waals surface area contributed by atoms with Crippen LogP contribution in [0.25, 0.3) is 0 Å². The van der Waals surface area contributed by atoms with Crippen molar-refractivity contribution in [2.45, 2.75) is 25.9 Å². The Hall–Kier alpha value is -2.26. The van der Waals surface area contributed by atoms with Crippen LogP contribution in [0.2, 0.25) is 0 Å². The minimum absolute atomic E-state index is 0.0185. The van der Waals surface area contributed by atoms with Crippen LogP contribution in [0.15, 0.2) is 18.2 Å². The Morgan fingerprint density at radius 1 is 1.57 bits per heavy atom. The van der Waals surface area contributed by atoms with Gasteiger partial charge in [-0.1, -0.05) is 12.8 Å². The van der Waals surface area contributed by atoms with Crippen LogP contribution in [0.5, 0.6) is 5.75 Å². The van der Waals surface area contributed by atoms with Crippen LogP contribution in [0.4, 0.5) is 14.9 Å². The summed E-state index contributed by atoms with van der Waals surface area (Å²) < 4.78 is 18.4. The minimum atomic E-state index is -0.505. The third-order valence-electron chi connectivity index (χ3n) is 2.74. The number of halogens is 1. The number of carbonyl (C=O) groups is 1. The zero-order chi connectivity index (χ0) is 15.7. The van der Waals surface area contributed by atoms with Crippen molar-refractivity contribution in [3.8, 4) is 18.1 Å². The van der Waals surface area contributed by atoms with Gasteiger partial charge < -0.3 is 20.5 Å². The molecule has 5 nitrogen and oxygen atoms in total. The molecule has 0 spiro atoms. The normalized spacial score (nSPS) is 11.3. The van der Waals surface area contributed by atoms with E-state index in [9.17, 15) is 14.3 Å². The summed E-state index contributed by atoms with van der Waals surface area (Å²) in [6.07, 6.45) is 5.72. The monoisotopic (exact) mass is 294 g/mol. The number of urea groups is 1. The predicted octanol–water partition coefficient (Wildman–Crippen LogP) is 2.12. The lowest BCUT2D eigenvalue weighted by Crippen LogP contribution is -2.31. The molecular formula is C15H19FN2O3. The molecule has 21 heavy (non-hydrogen) atoms. The van der Waals surface area contributed by atoms with Crippen molar-refractivity contribution in [2.75, 3.05) is 18.5 Å². The van der Waals surface area contributed by atoms with Gasteiger partial charge in [-0.25, -0.2) is 9.18 Å². The number of carbonyl (C=O) groups excluding carboxylic acids is 1. The third-order valence-corrected chi connectivity index (χ3v) is 2.74. The van der Waals surface area contributed by atoms with Gasteiger partial charge in [0.1, 0.15) is 18.2 Å². The van der Waals surface area contributed by atoms with Gasteiger partial charge in [-0.2, -0.15) is 0 Å². The van der Waals surface area contributed by atoms with Crippen molar-refractivity contribution in [1.82, 2.24) is 5.32 Å². The number of amides is 2. The number of aliphatic hydroxyl groups is 1. The molecule has 1 unspecified atom stereocenters. The number of aliphatic hydroxyl groups excluding tert-OH is 1. The molecular weight excluding hydrogens is 275 g/mol. The van der Waals surface area contributed by atoms with Gasteiger partial charge in [-0.15, -0.1) is 6.42 Å². The summed E-state index contributed by atoms with van der Waals surface area (Å²) in [6, 6.07) is 3.25. The maximum Gasteiger partial charge on any atom is 0.319 e. The second-order valence-electron chi connectivity index (χ2n) is 4.36. The van der Waals surface area contributed by atoms with Crippen LogP contribution >= 0.6 is 0 Å². The Morgan fingerprint density at radius 3 is 3.00 bits per heavy atom. The first-order valence-electron chi connectivity index (χ1n) is 6.65. The lowest BCUT2D eigenvalue weighted by Gasteiger charge is -2.13. The third kappa shape index (κ3) is 6.15. The quantitative estimate of drug-likeness (QED) is 0.675. The number of hydrogen-bond acceptors (Lipinski definition) is 3. The number of hydrogen-bond donors (Lipinski definition) is 3. The van der Waals surface area contributed by atoms with E-state index in [1.165, 1.54) is 12.1 Å². The molecule has 1 aromatic rings. The summed E-state index contributed by atoms with van der Waals surface area (Å²) in [6.45, 7) is 2.19. The average molecular weight is 294 g/mol. The molecule has 0 aliphatic heterocycles. The number of ether oxygens (including phenoxy) is 1. The van der Waals surface area contributed by atoms with Crippen molar-refractivity contribution < 1.29 is 19.0 Å². The summed E-state index contributed by atoms with van der Waals surface area (Å²) in [4.78, 5) is 11.7. The fourth-order valence-corrected chi connectivity index (χ4v) is 1.57. The van der Waals surface area contributed by atoms with E-state index in [0.717, 1.165) is 6.07 Å². The van der Waals surface area contributed by atoms with Gasteiger partial charge in [-0.3, -0.25) is 0 Å². The molecule has 0 aliphatic carbocycles. The molecule has 0 fully saturated rings. The lowest BCUT2D eigenvalue weighted by molar-refractivity contribution is 0.160. The Balaban J connectivity index is 2.58. The Labute approximate surface area is 123 Å². The molecule has 0 aliphatic rings. The van der Waals surface area contributed by atoms with E-state index in [-0.39, 0.29) is 18.0 Å². The molecule has 0 aromatic heterocycles. The van der Waals surface area contributed by atoms with Gasteiger partial charge in [0.2, 0.25) is 0 Å². The first-order valence-corrected chi connectivity index (χ1v) is 6.65. The second kappa shape index (κ2) is 8.82. The highest BCUT2D eigenvalue weighted by atomic mass is 19.1. The van der Waals surface area contributed by atoms with Crippen LogP contribution in [-0.4, -0.2) is 30.4 Å². The Bertz CT molecular complexity index is 514. The molecule has 1 atom stereocenters. The smallest absolute Gasteiger partial charge is 0.319 e. The largest absolute Gasteiger partial charge is 0.479 e. The van der Waals surface area contributed by atoms with Gasteiger partial charge in [0, 0.05) is 12.6 Å². The summed E-state index contributed by atoms with van der Waals surface area (Å²) in [7, 11) is 0. The molecule has 6 heteroatoms. The van der Waals surface area contributed by atoms with Gasteiger partial charge in [0.05, 0.1) is 11.8 Å². The van der Waals surface area contributed by atoms with E-state index in [4.69, 9.17) is 11.2 Å². The molecule has 0 heterocycles. The molecule has 0 bridgehead atoms. The maximum atomic E-state index is 13.2. The topological polar surface area (TPSA) is 70.6 Å². The highest BCUT2D eigenvalue weighted by Crippen LogP contribution is 2.25. The minimum Gasteiger partial charge on any atom is -0.479 e. The molecule has 0 saturated carbocycles. The SMILES string of the molecule is C#CCOc1ccc(F)cc1NC(=O)NCCC(O)CC. The van der Waals surface area contributed by atoms with E-state index >= 15 is 0 Å². The van der Waals surface area contributed by atoms with Crippen molar-refractivity contribution in [3.05, 3.63) is 24.0 Å². The van der Waals surface area contributed by atoms with Crippen molar-refractivity contribution in [3.63, 3.8) is 0 Å². The highest BCUT2D eigenvalue weighted by molar-refractivity contribution is 5.90. The lowest BCUT2D eigenvalue weighted by atomic mass is 10.2. The summed E-state index contributed by atoms with van der Waals surface area (Å²) in [5.41, 5.74) is 0.193. The second-order valence-corrected chi connectivity index (χ2v) is 4.36. The standard InChI is InChI=1S/C15H19FN2O3/c1-3-9-21-14-6-5-11(16)10-13(14)18-15(20)17-8-7-12(19)4-2/h1,5-6,10,12,19H,4,7-9H2,2H3,(H2,17,18,20). The molecule has 1 aromatic carbocycles. The molecule has 3 N–H and O–H groups in total. The average Bonchev–Trinajstić information content (AvgIpc) is 2.46. The first kappa shape index (κ1) is 16.8. The Morgan fingerprint density at radius 2 is 2.33 bits per heavy atom. The van der Waals surface area contributed by atoms with Crippen molar-refractivity contribution in [2.24, 2.45) is 0 Å². The van der Waals surface area contributed by atoms with E-state index in [1.54, 1.807) is 0 Å². The molecule has 0 saturated heterocycles. The van der Waals surface area contributed by atoms with E-state index in [1.807, 2.05) is 6.92 Å². The number of terminal acetylenes is 1. The highest BCUT2D eigenvalue weighted by Gasteiger charge is 2.09. The van der Waals surface area contributed by atoms with E-state index < -0.39 is 18.0 Å². The van der Waals surface area contributed by atoms with Crippen LogP contribution < -0.4 is 15.4 Å². The van der Waals surface area contributed by atoms with Gasteiger partial charge in [0.15, 0.2) is 0 Å². The summed E-state index contributed by atoms with van der Waals surface area (Å²) in [5, 5.41) is 14.4. The van der Waals surface area contributed by atoms with Crippen LogP contribution in [-0.2, 0) is 0 Å². The molecule has 1 rings (SSSR count). The maximum absolute atomic E-state index is 13.2. The number of rotatable bonds is 7. The van der Waals surface area contributed by atoms with E-state index in [2.05, 4.69) is 16.6 Å². The van der Waals surface area contributed by atoms with Gasteiger partial charge in [0.25, 0.3) is 0 Å². The van der Waals surface area contributed by atoms with E-state index in [0.29, 0.717) is 19.4 Å². The predicted molar refractivity (Wildman–Crippen MR) is 78.7 cm³/mol. The Kier molecular flexibility index (Phi) is 7.05. The van der Waals surface area contributed by atoms with Gasteiger partial charge >= 0.3 is 6.03 Å². The van der Waals surface area contributed by atoms with Crippen molar-refractivity contribution in [1.29, 1.82) is 0 Å². The first-order chi connectivity index (χ1) is 10.1. The summed E-state index contributed by atoms with van der Waals surface area (Å²) >= 11 is 0. The zero-order valence-electron chi connectivity index (χ0n) is 11.9.